The van der Waals surface area contributed by atoms with Gasteiger partial charge in [0.25, 0.3) is 0 Å². The number of allylic oxidation sites excluding steroid dienone is 1. The number of aliphatic imine (C=N–C) groups is 1. The molecule has 1 aliphatic rings. The normalized spacial score (nSPS) is 39.2. The van der Waals surface area contributed by atoms with Gasteiger partial charge < -0.3 is 25.2 Å². The van der Waals surface area contributed by atoms with Crippen molar-refractivity contribution in [3.8, 4) is 0 Å². The van der Waals surface area contributed by atoms with Crippen LogP contribution in [0.15, 0.2) is 17.1 Å². The zero-order valence-corrected chi connectivity index (χ0v) is 11.5. The first-order valence-electron chi connectivity index (χ1n) is 6.10. The van der Waals surface area contributed by atoms with Gasteiger partial charge in [-0.3, -0.25) is 0 Å². The molecule has 0 saturated carbocycles. The predicted octanol–water partition coefficient (Wildman–Crippen LogP) is -0.384. The van der Waals surface area contributed by atoms with Crippen LogP contribution in [0.25, 0.3) is 0 Å². The number of rotatable bonds is 5. The van der Waals surface area contributed by atoms with E-state index in [1.807, 2.05) is 12.1 Å². The van der Waals surface area contributed by atoms with Crippen LogP contribution in [-0.2, 0) is 4.74 Å². The molecular weight excluding hydrogens is 270 g/mol. The number of unbranched alkanes of at least 4 members (excludes halogenated alkanes) is 1. The lowest BCUT2D eigenvalue weighted by molar-refractivity contribution is -0.256. The first kappa shape index (κ1) is 16.4. The molecule has 1 aliphatic heterocycles. The van der Waals surface area contributed by atoms with Crippen LogP contribution in [0.4, 0.5) is 0 Å². The molecule has 1 heterocycles. The van der Waals surface area contributed by atoms with Gasteiger partial charge in [-0.1, -0.05) is 25.5 Å². The van der Waals surface area contributed by atoms with Crippen molar-refractivity contribution in [1.29, 1.82) is 0 Å². The lowest BCUT2D eigenvalue weighted by atomic mass is 9.83. The fraction of sp³-hybridized carbons (Fsp3) is 0.750. The van der Waals surface area contributed by atoms with Crippen LogP contribution >= 0.6 is 12.2 Å². The molecule has 0 aromatic heterocycles. The summed E-state index contributed by atoms with van der Waals surface area (Å²) in [6, 6.07) is 0. The fourth-order valence-electron chi connectivity index (χ4n) is 1.97. The van der Waals surface area contributed by atoms with Crippen molar-refractivity contribution >= 4 is 17.4 Å². The number of hydrogen-bond acceptors (Lipinski definition) is 7. The van der Waals surface area contributed by atoms with Crippen molar-refractivity contribution in [1.82, 2.24) is 0 Å². The van der Waals surface area contributed by atoms with Crippen molar-refractivity contribution in [3.63, 3.8) is 0 Å². The molecule has 1 unspecified atom stereocenters. The molecule has 1 rings (SSSR count). The first-order chi connectivity index (χ1) is 9.01. The molecule has 108 valence electrons. The second-order valence-corrected chi connectivity index (χ2v) is 4.61. The Labute approximate surface area is 117 Å². The molecular formula is C12H19NO5S. The highest BCUT2D eigenvalue weighted by molar-refractivity contribution is 7.78. The Morgan fingerprint density at radius 1 is 1.47 bits per heavy atom. The van der Waals surface area contributed by atoms with Crippen LogP contribution in [0, 0.1) is 0 Å². The van der Waals surface area contributed by atoms with Gasteiger partial charge in [0.05, 0.1) is 11.8 Å². The minimum atomic E-state index is -1.86. The average Bonchev–Trinajstić information content (AvgIpc) is 2.40. The van der Waals surface area contributed by atoms with E-state index in [4.69, 9.17) is 4.74 Å². The summed E-state index contributed by atoms with van der Waals surface area (Å²) in [5, 5.41) is 41.6. The highest BCUT2D eigenvalue weighted by Crippen LogP contribution is 2.31. The molecule has 4 N–H and O–H groups in total. The molecule has 7 heteroatoms. The van der Waals surface area contributed by atoms with Crippen LogP contribution in [0.3, 0.4) is 0 Å². The molecule has 0 spiro atoms. The summed E-state index contributed by atoms with van der Waals surface area (Å²) in [5.41, 5.74) is -1.86. The number of aliphatic hydroxyl groups excluding tert-OH is 3. The molecule has 0 radical (unpaired) electrons. The lowest BCUT2D eigenvalue weighted by Crippen LogP contribution is -2.65. The summed E-state index contributed by atoms with van der Waals surface area (Å²) < 4.78 is 5.25. The van der Waals surface area contributed by atoms with E-state index < -0.39 is 36.7 Å². The zero-order valence-electron chi connectivity index (χ0n) is 10.6. The van der Waals surface area contributed by atoms with E-state index in [1.54, 1.807) is 6.08 Å². The van der Waals surface area contributed by atoms with Gasteiger partial charge in [-0.05, 0) is 18.6 Å². The number of nitrogens with zero attached hydrogens (tertiary/aromatic N) is 1. The Bertz CT molecular complexity index is 367. The SMILES string of the molecule is CCCC=C[C@]1(O)[C@H](O)[C@@H](O)C(N=C=S)O[C@@H]1CO. The second-order valence-electron chi connectivity index (χ2n) is 4.43. The molecule has 5 atom stereocenters. The van der Waals surface area contributed by atoms with E-state index in [0.717, 1.165) is 6.42 Å². The number of aliphatic hydroxyl groups is 4. The summed E-state index contributed by atoms with van der Waals surface area (Å²) in [7, 11) is 0. The second kappa shape index (κ2) is 7.21. The molecule has 1 fully saturated rings. The van der Waals surface area contributed by atoms with Gasteiger partial charge in [-0.25, -0.2) is 0 Å². The van der Waals surface area contributed by atoms with Crippen molar-refractivity contribution in [3.05, 3.63) is 12.2 Å². The van der Waals surface area contributed by atoms with E-state index >= 15 is 0 Å². The first-order valence-corrected chi connectivity index (χ1v) is 6.51. The standard InChI is InChI=1S/C12H19NO5S/c1-2-3-4-5-12(17)8(6-14)18-11(13-7-19)9(15)10(12)16/h4-5,8-11,14-17H,2-3,6H2,1H3/t8-,9-,10-,11?,12-/m1/s1. The van der Waals surface area contributed by atoms with Crippen LogP contribution < -0.4 is 0 Å². The number of isothiocyanates is 1. The molecule has 0 bridgehead atoms. The molecule has 0 aromatic rings. The minimum Gasteiger partial charge on any atom is -0.394 e. The van der Waals surface area contributed by atoms with Crippen LogP contribution in [0.5, 0.6) is 0 Å². The number of ether oxygens (including phenoxy) is 1. The maximum absolute atomic E-state index is 10.4. The third-order valence-corrected chi connectivity index (χ3v) is 3.20. The summed E-state index contributed by atoms with van der Waals surface area (Å²) >= 11 is 4.41. The number of thiocarbonyl (C=S) groups is 1. The highest BCUT2D eigenvalue weighted by atomic mass is 32.1. The molecule has 0 aromatic carbocycles. The Morgan fingerprint density at radius 2 is 2.16 bits per heavy atom. The smallest absolute Gasteiger partial charge is 0.187 e. The monoisotopic (exact) mass is 289 g/mol. The summed E-state index contributed by atoms with van der Waals surface area (Å²) in [6.07, 6.45) is -0.648. The van der Waals surface area contributed by atoms with E-state index in [1.165, 1.54) is 6.08 Å². The molecule has 1 saturated heterocycles. The van der Waals surface area contributed by atoms with E-state index in [2.05, 4.69) is 17.2 Å². The average molecular weight is 289 g/mol. The van der Waals surface area contributed by atoms with Crippen LogP contribution in [0.1, 0.15) is 19.8 Å². The quantitative estimate of drug-likeness (QED) is 0.312. The van der Waals surface area contributed by atoms with Crippen molar-refractivity contribution < 1.29 is 25.2 Å². The summed E-state index contributed by atoms with van der Waals surface area (Å²) in [6.45, 7) is 1.44. The largest absolute Gasteiger partial charge is 0.394 e. The maximum Gasteiger partial charge on any atom is 0.187 e. The minimum absolute atomic E-state index is 0.528. The van der Waals surface area contributed by atoms with Gasteiger partial charge in [0.15, 0.2) is 6.23 Å². The third kappa shape index (κ3) is 3.46. The Balaban J connectivity index is 2.99. The third-order valence-electron chi connectivity index (χ3n) is 3.09. The summed E-state index contributed by atoms with van der Waals surface area (Å²) in [5.74, 6) is 0. The van der Waals surface area contributed by atoms with E-state index in [-0.39, 0.29) is 0 Å². The Morgan fingerprint density at radius 3 is 2.68 bits per heavy atom. The predicted molar refractivity (Wildman–Crippen MR) is 71.8 cm³/mol. The van der Waals surface area contributed by atoms with Crippen molar-refractivity contribution in [2.24, 2.45) is 4.99 Å². The highest BCUT2D eigenvalue weighted by Gasteiger charge is 2.53. The molecule has 0 aliphatic carbocycles. The van der Waals surface area contributed by atoms with E-state index in [0.29, 0.717) is 6.42 Å². The Hall–Kier alpha value is -0.660. The van der Waals surface area contributed by atoms with Crippen LogP contribution in [-0.4, -0.2) is 62.3 Å². The van der Waals surface area contributed by atoms with E-state index in [9.17, 15) is 20.4 Å². The van der Waals surface area contributed by atoms with Gasteiger partial charge in [0, 0.05) is 0 Å². The molecule has 6 nitrogen and oxygen atoms in total. The maximum atomic E-state index is 10.4. The summed E-state index contributed by atoms with van der Waals surface area (Å²) in [4.78, 5) is 3.56. The zero-order chi connectivity index (χ0) is 14.5. The van der Waals surface area contributed by atoms with Crippen LogP contribution in [0.2, 0.25) is 0 Å². The Kier molecular flexibility index (Phi) is 6.22. The number of hydrogen-bond donors (Lipinski definition) is 4. The lowest BCUT2D eigenvalue weighted by Gasteiger charge is -2.45. The van der Waals surface area contributed by atoms with Crippen molar-refractivity contribution in [2.75, 3.05) is 6.61 Å². The topological polar surface area (TPSA) is 103 Å². The van der Waals surface area contributed by atoms with Gasteiger partial charge in [-0.2, -0.15) is 4.99 Å². The van der Waals surface area contributed by atoms with Crippen molar-refractivity contribution in [2.45, 2.75) is 49.9 Å². The molecule has 19 heavy (non-hydrogen) atoms. The van der Waals surface area contributed by atoms with Gasteiger partial charge in [-0.15, -0.1) is 0 Å². The van der Waals surface area contributed by atoms with Gasteiger partial charge in [0.2, 0.25) is 0 Å². The van der Waals surface area contributed by atoms with Gasteiger partial charge >= 0.3 is 0 Å². The van der Waals surface area contributed by atoms with Gasteiger partial charge in [0.1, 0.15) is 23.9 Å². The molecule has 0 amide bonds. The fourth-order valence-corrected chi connectivity index (χ4v) is 2.07.